The zero-order valence-electron chi connectivity index (χ0n) is 14.5. The number of hydrogen-bond donors (Lipinski definition) is 2. The van der Waals surface area contributed by atoms with E-state index < -0.39 is 23.9 Å². The van der Waals surface area contributed by atoms with Crippen molar-refractivity contribution in [1.82, 2.24) is 4.98 Å². The molecule has 0 aliphatic carbocycles. The Morgan fingerprint density at radius 2 is 1.71 bits per heavy atom. The molecule has 28 heavy (non-hydrogen) atoms. The number of nitrogens with zero attached hydrogens (tertiary/aromatic N) is 2. The van der Waals surface area contributed by atoms with Gasteiger partial charge in [0.25, 0.3) is 10.0 Å². The number of benzene rings is 2. The van der Waals surface area contributed by atoms with Gasteiger partial charge in [-0.15, -0.1) is 0 Å². The lowest BCUT2D eigenvalue weighted by molar-refractivity contribution is 0.373. The summed E-state index contributed by atoms with van der Waals surface area (Å²) in [6.07, 6.45) is -1.06. The van der Waals surface area contributed by atoms with Gasteiger partial charge in [0.15, 0.2) is 0 Å². The van der Waals surface area contributed by atoms with Crippen LogP contribution in [0, 0.1) is 6.92 Å². The third-order valence-electron chi connectivity index (χ3n) is 3.84. The van der Waals surface area contributed by atoms with Gasteiger partial charge in [-0.3, -0.25) is 13.9 Å². The van der Waals surface area contributed by atoms with Gasteiger partial charge < -0.3 is 9.79 Å². The number of pyridine rings is 1. The van der Waals surface area contributed by atoms with E-state index >= 15 is 0 Å². The second kappa shape index (κ2) is 7.63. The highest BCUT2D eigenvalue weighted by atomic mass is 35.5. The van der Waals surface area contributed by atoms with Gasteiger partial charge >= 0.3 is 7.60 Å². The molecule has 0 amide bonds. The molecule has 0 saturated carbocycles. The number of para-hydroxylation sites is 1. The van der Waals surface area contributed by atoms with Crippen molar-refractivity contribution in [2.24, 2.45) is 0 Å². The number of aryl methyl sites for hydroxylation is 1. The van der Waals surface area contributed by atoms with Crippen molar-refractivity contribution in [3.63, 3.8) is 0 Å². The fourth-order valence-electron chi connectivity index (χ4n) is 2.68. The van der Waals surface area contributed by atoms with Gasteiger partial charge in [0, 0.05) is 21.1 Å². The number of halogens is 2. The highest BCUT2D eigenvalue weighted by molar-refractivity contribution is 7.93. The molecule has 0 aliphatic rings. The predicted molar refractivity (Wildman–Crippen MR) is 110 cm³/mol. The van der Waals surface area contributed by atoms with E-state index in [0.717, 1.165) is 0 Å². The second-order valence-electron chi connectivity index (χ2n) is 6.07. The van der Waals surface area contributed by atoms with Crippen LogP contribution in [0.3, 0.4) is 0 Å². The van der Waals surface area contributed by atoms with Gasteiger partial charge in [0.2, 0.25) is 0 Å². The number of fused-ring (bicyclic) bond motifs is 1. The summed E-state index contributed by atoms with van der Waals surface area (Å²) < 4.78 is 39.0. The third kappa shape index (κ3) is 4.49. The molecule has 0 bridgehead atoms. The van der Waals surface area contributed by atoms with Gasteiger partial charge in [-0.2, -0.15) is 0 Å². The maximum absolute atomic E-state index is 13.3. The maximum atomic E-state index is 13.3. The van der Waals surface area contributed by atoms with Crippen molar-refractivity contribution in [3.8, 4) is 0 Å². The molecular formula is C17H15Cl2N2O5PS. The van der Waals surface area contributed by atoms with Crippen LogP contribution in [0.5, 0.6) is 0 Å². The molecule has 3 aromatic rings. The summed E-state index contributed by atoms with van der Waals surface area (Å²) in [7, 11) is -9.17. The summed E-state index contributed by atoms with van der Waals surface area (Å²) in [6.45, 7) is 1.73. The summed E-state index contributed by atoms with van der Waals surface area (Å²) in [5.41, 5.74) is 0.965. The van der Waals surface area contributed by atoms with E-state index in [1.165, 1.54) is 24.3 Å². The van der Waals surface area contributed by atoms with Gasteiger partial charge in [-0.05, 0) is 37.3 Å². The number of aromatic nitrogens is 1. The molecule has 148 valence electrons. The minimum Gasteiger partial charge on any atom is -0.323 e. The van der Waals surface area contributed by atoms with Crippen LogP contribution < -0.4 is 4.31 Å². The van der Waals surface area contributed by atoms with E-state index in [1.54, 1.807) is 31.2 Å². The minimum atomic E-state index is -4.76. The average Bonchev–Trinajstić information content (AvgIpc) is 2.57. The molecular weight excluding hydrogens is 446 g/mol. The third-order valence-corrected chi connectivity index (χ3v) is 6.86. The zero-order valence-corrected chi connectivity index (χ0v) is 17.7. The van der Waals surface area contributed by atoms with Gasteiger partial charge in [-0.1, -0.05) is 41.4 Å². The second-order valence-corrected chi connectivity index (χ2v) is 10.4. The summed E-state index contributed by atoms with van der Waals surface area (Å²) in [5, 5.41) is 0.779. The Morgan fingerprint density at radius 1 is 1.07 bits per heavy atom. The maximum Gasteiger partial charge on any atom is 0.345 e. The topological polar surface area (TPSA) is 108 Å². The smallest absolute Gasteiger partial charge is 0.323 e. The summed E-state index contributed by atoms with van der Waals surface area (Å²) >= 11 is 11.8. The van der Waals surface area contributed by atoms with Crippen LogP contribution in [0.4, 0.5) is 5.69 Å². The number of rotatable bonds is 5. The van der Waals surface area contributed by atoms with Crippen molar-refractivity contribution in [2.45, 2.75) is 11.8 Å². The van der Waals surface area contributed by atoms with E-state index in [1.807, 2.05) is 0 Å². The van der Waals surface area contributed by atoms with Gasteiger partial charge in [0.1, 0.15) is 6.29 Å². The molecule has 1 heterocycles. The Labute approximate surface area is 171 Å². The average molecular weight is 461 g/mol. The highest BCUT2D eigenvalue weighted by Gasteiger charge is 2.33. The summed E-state index contributed by atoms with van der Waals surface area (Å²) in [6, 6.07) is 11.9. The van der Waals surface area contributed by atoms with E-state index in [0.29, 0.717) is 20.9 Å². The van der Waals surface area contributed by atoms with Crippen LogP contribution in [-0.2, 0) is 14.6 Å². The lowest BCUT2D eigenvalue weighted by Gasteiger charge is -2.26. The van der Waals surface area contributed by atoms with Crippen molar-refractivity contribution in [3.05, 3.63) is 64.3 Å². The Morgan fingerprint density at radius 3 is 2.32 bits per heavy atom. The summed E-state index contributed by atoms with van der Waals surface area (Å²) in [5.74, 6) is 0. The molecule has 0 spiro atoms. The lowest BCUT2D eigenvalue weighted by atomic mass is 10.2. The van der Waals surface area contributed by atoms with Gasteiger partial charge in [0.05, 0.1) is 16.1 Å². The van der Waals surface area contributed by atoms with Crippen molar-refractivity contribution < 1.29 is 22.8 Å². The molecule has 0 fully saturated rings. The first-order valence-electron chi connectivity index (χ1n) is 7.87. The van der Waals surface area contributed by atoms with E-state index in [4.69, 9.17) is 23.2 Å². The monoisotopic (exact) mass is 460 g/mol. The molecule has 7 nitrogen and oxygen atoms in total. The van der Waals surface area contributed by atoms with E-state index in [2.05, 4.69) is 4.98 Å². The van der Waals surface area contributed by atoms with Crippen molar-refractivity contribution in [1.29, 1.82) is 0 Å². The van der Waals surface area contributed by atoms with Crippen LogP contribution in [0.25, 0.3) is 10.9 Å². The standard InChI is InChI=1S/C17H15Cl2N2O5PS/c1-11-5-6-12-3-2-4-16(17(12)20-11)21(10-27(22,23)24)28(25,26)15-8-13(18)7-14(19)9-15/h2-9H,10H2,1H3,(H2,22,23,24). The van der Waals surface area contributed by atoms with Gasteiger partial charge in [-0.25, -0.2) is 8.42 Å². The van der Waals surface area contributed by atoms with E-state index in [-0.39, 0.29) is 20.6 Å². The normalized spacial score (nSPS) is 12.3. The Hall–Kier alpha value is -1.67. The van der Waals surface area contributed by atoms with Crippen molar-refractivity contribution >= 4 is 57.4 Å². The molecule has 3 rings (SSSR count). The molecule has 0 saturated heterocycles. The highest BCUT2D eigenvalue weighted by Crippen LogP contribution is 2.41. The molecule has 2 aromatic carbocycles. The Balaban J connectivity index is 2.29. The van der Waals surface area contributed by atoms with E-state index in [9.17, 15) is 22.8 Å². The number of hydrogen-bond acceptors (Lipinski definition) is 4. The van der Waals surface area contributed by atoms with Crippen LogP contribution in [0.15, 0.2) is 53.4 Å². The molecule has 0 atom stereocenters. The van der Waals surface area contributed by atoms with Crippen LogP contribution in [-0.4, -0.2) is 29.5 Å². The molecule has 0 aliphatic heterocycles. The molecule has 11 heteroatoms. The lowest BCUT2D eigenvalue weighted by Crippen LogP contribution is -2.32. The van der Waals surface area contributed by atoms with Crippen LogP contribution in [0.1, 0.15) is 5.69 Å². The SMILES string of the molecule is Cc1ccc2cccc(N(CP(=O)(O)O)S(=O)(=O)c3cc(Cl)cc(Cl)c3)c2n1. The predicted octanol–water partition coefficient (Wildman–Crippen LogP) is 4.18. The zero-order chi connectivity index (χ0) is 20.7. The van der Waals surface area contributed by atoms with Crippen molar-refractivity contribution in [2.75, 3.05) is 10.6 Å². The fourth-order valence-corrected chi connectivity index (χ4v) is 6.10. The molecule has 0 unspecified atom stereocenters. The first-order chi connectivity index (χ1) is 13.0. The first-order valence-corrected chi connectivity index (χ1v) is 11.9. The number of anilines is 1. The Bertz CT molecular complexity index is 1190. The molecule has 0 radical (unpaired) electrons. The fraction of sp³-hybridized carbons (Fsp3) is 0.118. The first kappa shape index (κ1) is 21.0. The van der Waals surface area contributed by atoms with Crippen LogP contribution in [0.2, 0.25) is 10.0 Å². The Kier molecular flexibility index (Phi) is 5.74. The number of sulfonamides is 1. The summed E-state index contributed by atoms with van der Waals surface area (Å²) in [4.78, 5) is 23.1. The molecule has 1 aromatic heterocycles. The minimum absolute atomic E-state index is 0.0422. The molecule has 2 N–H and O–H groups in total. The quantitative estimate of drug-likeness (QED) is 0.552. The largest absolute Gasteiger partial charge is 0.345 e. The van der Waals surface area contributed by atoms with Crippen LogP contribution >= 0.6 is 30.8 Å².